The van der Waals surface area contributed by atoms with Crippen molar-refractivity contribution >= 4 is 33.3 Å². The van der Waals surface area contributed by atoms with Gasteiger partial charge >= 0.3 is 0 Å². The molecule has 2 aromatic rings. The summed E-state index contributed by atoms with van der Waals surface area (Å²) < 4.78 is 27.8. The molecule has 1 fully saturated rings. The smallest absolute Gasteiger partial charge is 0.266 e. The third-order valence-electron chi connectivity index (χ3n) is 5.09. The van der Waals surface area contributed by atoms with Crippen LogP contribution in [0.5, 0.6) is 0 Å². The molecular formula is C20H23ClN4O2S. The first kappa shape index (κ1) is 19.1. The molecule has 8 heteroatoms. The number of guanidine groups is 1. The SMILES string of the molecule is Cc1cccc(S(=O)(=O)N2CCN=C2N2CCN(c3cccc(Cl)c3)CC2)c1. The Hall–Kier alpha value is -2.25. The van der Waals surface area contributed by atoms with Crippen molar-refractivity contribution in [3.8, 4) is 0 Å². The van der Waals surface area contributed by atoms with E-state index in [1.807, 2.05) is 37.3 Å². The van der Waals surface area contributed by atoms with Crippen LogP contribution >= 0.6 is 11.6 Å². The molecule has 0 aromatic heterocycles. The summed E-state index contributed by atoms with van der Waals surface area (Å²) in [6, 6.07) is 14.8. The van der Waals surface area contributed by atoms with Gasteiger partial charge in [0.1, 0.15) is 0 Å². The van der Waals surface area contributed by atoms with Gasteiger partial charge in [0.2, 0.25) is 5.96 Å². The van der Waals surface area contributed by atoms with Crippen molar-refractivity contribution in [2.45, 2.75) is 11.8 Å². The van der Waals surface area contributed by atoms with E-state index < -0.39 is 10.0 Å². The third-order valence-corrected chi connectivity index (χ3v) is 7.10. The molecule has 0 radical (unpaired) electrons. The van der Waals surface area contributed by atoms with Crippen molar-refractivity contribution in [3.63, 3.8) is 0 Å². The van der Waals surface area contributed by atoms with E-state index in [9.17, 15) is 8.42 Å². The number of rotatable bonds is 3. The number of nitrogens with zero attached hydrogens (tertiary/aromatic N) is 4. The molecule has 2 heterocycles. The van der Waals surface area contributed by atoms with Gasteiger partial charge in [-0.25, -0.2) is 12.7 Å². The molecule has 148 valence electrons. The molecule has 2 aliphatic rings. The number of piperazine rings is 1. The Morgan fingerprint density at radius 1 is 0.929 bits per heavy atom. The highest BCUT2D eigenvalue weighted by Gasteiger charge is 2.35. The van der Waals surface area contributed by atoms with Crippen molar-refractivity contribution < 1.29 is 8.42 Å². The van der Waals surface area contributed by atoms with Gasteiger partial charge in [-0.15, -0.1) is 0 Å². The molecule has 0 bridgehead atoms. The summed E-state index contributed by atoms with van der Waals surface area (Å²) in [4.78, 5) is 9.17. The quantitative estimate of drug-likeness (QED) is 0.769. The highest BCUT2D eigenvalue weighted by atomic mass is 35.5. The Labute approximate surface area is 171 Å². The van der Waals surface area contributed by atoms with Crippen molar-refractivity contribution in [2.75, 3.05) is 44.2 Å². The van der Waals surface area contributed by atoms with E-state index in [1.165, 1.54) is 4.31 Å². The van der Waals surface area contributed by atoms with E-state index >= 15 is 0 Å². The van der Waals surface area contributed by atoms with Crippen molar-refractivity contribution in [2.24, 2.45) is 4.99 Å². The first-order chi connectivity index (χ1) is 13.4. The second-order valence-corrected chi connectivity index (χ2v) is 9.33. The summed E-state index contributed by atoms with van der Waals surface area (Å²) in [5, 5.41) is 0.718. The molecular weight excluding hydrogens is 396 g/mol. The van der Waals surface area contributed by atoms with Gasteiger partial charge in [0.25, 0.3) is 10.0 Å². The van der Waals surface area contributed by atoms with Gasteiger partial charge in [0, 0.05) is 36.9 Å². The Balaban J connectivity index is 1.49. The average molecular weight is 419 g/mol. The zero-order chi connectivity index (χ0) is 19.7. The second-order valence-electron chi connectivity index (χ2n) is 7.03. The lowest BCUT2D eigenvalue weighted by Crippen LogP contribution is -2.53. The van der Waals surface area contributed by atoms with Crippen molar-refractivity contribution in [1.82, 2.24) is 9.21 Å². The number of anilines is 1. The Morgan fingerprint density at radius 3 is 2.36 bits per heavy atom. The van der Waals surface area contributed by atoms with Gasteiger partial charge in [0.15, 0.2) is 0 Å². The summed E-state index contributed by atoms with van der Waals surface area (Å²) in [6.45, 7) is 5.79. The molecule has 2 aromatic carbocycles. The van der Waals surface area contributed by atoms with Gasteiger partial charge in [-0.05, 0) is 42.8 Å². The van der Waals surface area contributed by atoms with Crippen LogP contribution in [0, 0.1) is 6.92 Å². The zero-order valence-electron chi connectivity index (χ0n) is 15.8. The normalized spacial score (nSPS) is 17.8. The summed E-state index contributed by atoms with van der Waals surface area (Å²) in [7, 11) is -3.60. The first-order valence-electron chi connectivity index (χ1n) is 9.34. The predicted molar refractivity (Wildman–Crippen MR) is 113 cm³/mol. The predicted octanol–water partition coefficient (Wildman–Crippen LogP) is 2.83. The Morgan fingerprint density at radius 2 is 1.64 bits per heavy atom. The average Bonchev–Trinajstić information content (AvgIpc) is 3.19. The summed E-state index contributed by atoms with van der Waals surface area (Å²) in [5.74, 6) is 0.562. The van der Waals surface area contributed by atoms with Crippen LogP contribution in [0.1, 0.15) is 5.56 Å². The molecule has 0 saturated carbocycles. The van der Waals surface area contributed by atoms with E-state index in [0.717, 1.165) is 29.4 Å². The van der Waals surface area contributed by atoms with Gasteiger partial charge < -0.3 is 9.80 Å². The number of benzene rings is 2. The van der Waals surface area contributed by atoms with Gasteiger partial charge in [-0.1, -0.05) is 29.8 Å². The Kier molecular flexibility index (Phi) is 5.21. The summed E-state index contributed by atoms with van der Waals surface area (Å²) >= 11 is 6.11. The van der Waals surface area contributed by atoms with E-state index in [2.05, 4.69) is 14.8 Å². The number of aryl methyl sites for hydroxylation is 1. The number of sulfonamides is 1. The van der Waals surface area contributed by atoms with Crippen LogP contribution in [0.25, 0.3) is 0 Å². The summed E-state index contributed by atoms with van der Waals surface area (Å²) in [6.07, 6.45) is 0. The number of hydrogen-bond acceptors (Lipinski definition) is 5. The van der Waals surface area contributed by atoms with E-state index in [-0.39, 0.29) is 0 Å². The maximum atomic E-state index is 13.2. The molecule has 4 rings (SSSR count). The highest BCUT2D eigenvalue weighted by Crippen LogP contribution is 2.24. The lowest BCUT2D eigenvalue weighted by molar-refractivity contribution is 0.358. The molecule has 0 amide bonds. The number of hydrogen-bond donors (Lipinski definition) is 0. The number of aliphatic imine (C=N–C) groups is 1. The minimum absolute atomic E-state index is 0.319. The molecule has 2 aliphatic heterocycles. The molecule has 0 atom stereocenters. The van der Waals surface area contributed by atoms with Crippen LogP contribution in [0.3, 0.4) is 0 Å². The van der Waals surface area contributed by atoms with Crippen LogP contribution < -0.4 is 4.90 Å². The fourth-order valence-electron chi connectivity index (χ4n) is 3.65. The fourth-order valence-corrected chi connectivity index (χ4v) is 5.38. The molecule has 28 heavy (non-hydrogen) atoms. The van der Waals surface area contributed by atoms with Gasteiger partial charge in [-0.3, -0.25) is 4.99 Å². The van der Waals surface area contributed by atoms with Crippen LogP contribution in [-0.2, 0) is 10.0 Å². The maximum absolute atomic E-state index is 13.2. The fraction of sp³-hybridized carbons (Fsp3) is 0.350. The highest BCUT2D eigenvalue weighted by molar-refractivity contribution is 7.89. The lowest BCUT2D eigenvalue weighted by atomic mass is 10.2. The van der Waals surface area contributed by atoms with Gasteiger partial charge in [0.05, 0.1) is 18.0 Å². The van der Waals surface area contributed by atoms with Crippen molar-refractivity contribution in [1.29, 1.82) is 0 Å². The molecule has 0 N–H and O–H groups in total. The van der Waals surface area contributed by atoms with E-state index in [4.69, 9.17) is 11.6 Å². The number of halogens is 1. The minimum Gasteiger partial charge on any atom is -0.368 e. The molecule has 6 nitrogen and oxygen atoms in total. The first-order valence-corrected chi connectivity index (χ1v) is 11.2. The summed E-state index contributed by atoms with van der Waals surface area (Å²) in [5.41, 5.74) is 2.01. The third kappa shape index (κ3) is 3.69. The largest absolute Gasteiger partial charge is 0.368 e. The monoisotopic (exact) mass is 418 g/mol. The molecule has 0 aliphatic carbocycles. The van der Waals surface area contributed by atoms with Crippen molar-refractivity contribution in [3.05, 3.63) is 59.1 Å². The van der Waals surface area contributed by atoms with Gasteiger partial charge in [-0.2, -0.15) is 0 Å². The zero-order valence-corrected chi connectivity index (χ0v) is 17.3. The minimum atomic E-state index is -3.60. The standard InChI is InChI=1S/C20H23ClN4O2S/c1-16-4-2-7-19(14-16)28(26,27)25-9-8-22-20(25)24-12-10-23(11-13-24)18-6-3-5-17(21)15-18/h2-7,14-15H,8-13H2,1H3. The molecule has 0 spiro atoms. The van der Waals surface area contributed by atoms with E-state index in [1.54, 1.807) is 18.2 Å². The van der Waals surface area contributed by atoms with Crippen LogP contribution in [0.4, 0.5) is 5.69 Å². The van der Waals surface area contributed by atoms with Crippen LogP contribution in [0.2, 0.25) is 5.02 Å². The maximum Gasteiger partial charge on any atom is 0.266 e. The Bertz CT molecular complexity index is 1000. The molecule has 1 saturated heterocycles. The second kappa shape index (κ2) is 7.64. The van der Waals surface area contributed by atoms with Crippen LogP contribution in [-0.4, -0.2) is 62.9 Å². The van der Waals surface area contributed by atoms with Crippen LogP contribution in [0.15, 0.2) is 58.4 Å². The topological polar surface area (TPSA) is 56.2 Å². The molecule has 0 unspecified atom stereocenters. The van der Waals surface area contributed by atoms with E-state index in [0.29, 0.717) is 37.0 Å². The lowest BCUT2D eigenvalue weighted by Gasteiger charge is -2.39.